The Morgan fingerprint density at radius 1 is 1.33 bits per heavy atom. The Morgan fingerprint density at radius 3 is 2.89 bits per heavy atom. The molecule has 18 heavy (non-hydrogen) atoms. The molecule has 2 aromatic rings. The largest absolute Gasteiger partial charge is 0.339 e. The Bertz CT molecular complexity index is 509. The van der Waals surface area contributed by atoms with E-state index in [1.165, 1.54) is 0 Å². The van der Waals surface area contributed by atoms with Crippen LogP contribution in [0.15, 0.2) is 22.7 Å². The van der Waals surface area contributed by atoms with E-state index in [0.717, 1.165) is 24.5 Å². The van der Waals surface area contributed by atoms with Crippen LogP contribution < -0.4 is 5.32 Å². The molecule has 0 saturated heterocycles. The first-order valence-corrected chi connectivity index (χ1v) is 6.19. The van der Waals surface area contributed by atoms with Crippen molar-refractivity contribution in [1.82, 2.24) is 20.4 Å². The summed E-state index contributed by atoms with van der Waals surface area (Å²) < 4.78 is 5.28. The normalized spacial score (nSPS) is 12.6. The van der Waals surface area contributed by atoms with Gasteiger partial charge < -0.3 is 9.84 Å². The summed E-state index contributed by atoms with van der Waals surface area (Å²) in [7, 11) is 0. The Hall–Kier alpha value is -1.75. The van der Waals surface area contributed by atoms with Crippen LogP contribution in [-0.2, 0) is 0 Å². The van der Waals surface area contributed by atoms with Gasteiger partial charge in [-0.15, -0.1) is 0 Å². The van der Waals surface area contributed by atoms with Crippen LogP contribution >= 0.6 is 0 Å². The van der Waals surface area contributed by atoms with E-state index in [-0.39, 0.29) is 5.92 Å². The van der Waals surface area contributed by atoms with E-state index >= 15 is 0 Å². The summed E-state index contributed by atoms with van der Waals surface area (Å²) in [5, 5.41) is 7.24. The first-order chi connectivity index (χ1) is 8.70. The van der Waals surface area contributed by atoms with Gasteiger partial charge in [-0.3, -0.25) is 0 Å². The highest BCUT2D eigenvalue weighted by Gasteiger charge is 2.15. The lowest BCUT2D eigenvalue weighted by atomic mass is 10.2. The van der Waals surface area contributed by atoms with Crippen molar-refractivity contribution in [1.29, 1.82) is 0 Å². The summed E-state index contributed by atoms with van der Waals surface area (Å²) in [5.41, 5.74) is 1.69. The van der Waals surface area contributed by atoms with Crippen molar-refractivity contribution in [2.75, 3.05) is 13.1 Å². The number of pyridine rings is 1. The Morgan fingerprint density at radius 2 is 2.17 bits per heavy atom. The molecule has 0 aliphatic rings. The van der Waals surface area contributed by atoms with Crippen LogP contribution in [0.1, 0.15) is 31.4 Å². The minimum Gasteiger partial charge on any atom is -0.339 e. The van der Waals surface area contributed by atoms with E-state index in [1.807, 2.05) is 25.1 Å². The van der Waals surface area contributed by atoms with E-state index in [0.29, 0.717) is 11.7 Å². The van der Waals surface area contributed by atoms with Gasteiger partial charge in [0.25, 0.3) is 0 Å². The number of likely N-dealkylation sites (N-methyl/N-ethyl adjacent to an activating group) is 1. The Balaban J connectivity index is 2.15. The molecule has 1 atom stereocenters. The second-order valence-corrected chi connectivity index (χ2v) is 4.33. The molecule has 0 aromatic carbocycles. The zero-order chi connectivity index (χ0) is 13.0. The second kappa shape index (κ2) is 5.73. The molecule has 0 saturated carbocycles. The average molecular weight is 246 g/mol. The van der Waals surface area contributed by atoms with Crippen molar-refractivity contribution < 1.29 is 4.52 Å². The van der Waals surface area contributed by atoms with Crippen LogP contribution in [0.4, 0.5) is 0 Å². The number of aromatic nitrogens is 3. The molecule has 0 fully saturated rings. The predicted octanol–water partition coefficient (Wildman–Crippen LogP) is 2.15. The molecule has 5 heteroatoms. The lowest BCUT2D eigenvalue weighted by Gasteiger charge is -2.05. The molecular weight excluding hydrogens is 228 g/mol. The highest BCUT2D eigenvalue weighted by molar-refractivity contribution is 5.48. The Kier molecular flexibility index (Phi) is 4.04. The first-order valence-electron chi connectivity index (χ1n) is 6.19. The van der Waals surface area contributed by atoms with Crippen LogP contribution in [0.25, 0.3) is 11.5 Å². The van der Waals surface area contributed by atoms with Crippen LogP contribution in [0.2, 0.25) is 0 Å². The van der Waals surface area contributed by atoms with E-state index < -0.39 is 0 Å². The van der Waals surface area contributed by atoms with Crippen molar-refractivity contribution >= 4 is 0 Å². The van der Waals surface area contributed by atoms with E-state index in [4.69, 9.17) is 4.52 Å². The van der Waals surface area contributed by atoms with Gasteiger partial charge in [0.05, 0.1) is 0 Å². The van der Waals surface area contributed by atoms with Crippen molar-refractivity contribution in [3.8, 4) is 11.5 Å². The molecule has 0 aliphatic carbocycles. The topological polar surface area (TPSA) is 63.8 Å². The van der Waals surface area contributed by atoms with Gasteiger partial charge in [0.2, 0.25) is 11.7 Å². The number of hydrogen-bond acceptors (Lipinski definition) is 5. The minimum absolute atomic E-state index is 0.205. The highest BCUT2D eigenvalue weighted by atomic mass is 16.5. The molecular formula is C13H18N4O. The van der Waals surface area contributed by atoms with Crippen molar-refractivity contribution in [3.63, 3.8) is 0 Å². The van der Waals surface area contributed by atoms with Crippen LogP contribution in [0.5, 0.6) is 0 Å². The fourth-order valence-electron chi connectivity index (χ4n) is 1.66. The van der Waals surface area contributed by atoms with Gasteiger partial charge in [0.1, 0.15) is 5.69 Å². The molecule has 0 aliphatic heterocycles. The smallest absolute Gasteiger partial charge is 0.231 e. The van der Waals surface area contributed by atoms with E-state index in [9.17, 15) is 0 Å². The Labute approximate surface area is 107 Å². The van der Waals surface area contributed by atoms with Gasteiger partial charge in [0.15, 0.2) is 0 Å². The number of aryl methyl sites for hydroxylation is 1. The van der Waals surface area contributed by atoms with Crippen LogP contribution in [-0.4, -0.2) is 28.2 Å². The highest BCUT2D eigenvalue weighted by Crippen LogP contribution is 2.17. The van der Waals surface area contributed by atoms with Crippen molar-refractivity contribution in [2.24, 2.45) is 0 Å². The fourth-order valence-corrected chi connectivity index (χ4v) is 1.66. The standard InChI is InChI=1S/C13H18N4O/c1-4-14-8-9(2)13-16-12(17-18-13)11-7-5-6-10(3)15-11/h5-7,9,14H,4,8H2,1-3H3. The summed E-state index contributed by atoms with van der Waals surface area (Å²) >= 11 is 0. The molecule has 0 amide bonds. The maximum atomic E-state index is 5.28. The third kappa shape index (κ3) is 2.92. The van der Waals surface area contributed by atoms with Gasteiger partial charge in [-0.1, -0.05) is 25.1 Å². The lowest BCUT2D eigenvalue weighted by Crippen LogP contribution is -2.19. The summed E-state index contributed by atoms with van der Waals surface area (Å²) in [5.74, 6) is 1.40. The molecule has 1 N–H and O–H groups in total. The number of nitrogens with zero attached hydrogens (tertiary/aromatic N) is 3. The molecule has 1 unspecified atom stereocenters. The van der Waals surface area contributed by atoms with Gasteiger partial charge in [-0.2, -0.15) is 4.98 Å². The van der Waals surface area contributed by atoms with Crippen LogP contribution in [0.3, 0.4) is 0 Å². The van der Waals surface area contributed by atoms with E-state index in [1.54, 1.807) is 0 Å². The predicted molar refractivity (Wildman–Crippen MR) is 69.2 cm³/mol. The monoisotopic (exact) mass is 246 g/mol. The third-order valence-corrected chi connectivity index (χ3v) is 2.68. The summed E-state index contributed by atoms with van der Waals surface area (Å²) in [6, 6.07) is 5.77. The van der Waals surface area contributed by atoms with Crippen LogP contribution in [0, 0.1) is 6.92 Å². The summed E-state index contributed by atoms with van der Waals surface area (Å²) in [6.45, 7) is 7.84. The second-order valence-electron chi connectivity index (χ2n) is 4.33. The summed E-state index contributed by atoms with van der Waals surface area (Å²) in [4.78, 5) is 8.77. The average Bonchev–Trinajstić information content (AvgIpc) is 2.85. The number of nitrogens with one attached hydrogen (secondary N) is 1. The molecule has 2 aromatic heterocycles. The molecule has 5 nitrogen and oxygen atoms in total. The lowest BCUT2D eigenvalue weighted by molar-refractivity contribution is 0.355. The van der Waals surface area contributed by atoms with Gasteiger partial charge in [-0.05, 0) is 25.6 Å². The number of rotatable bonds is 5. The van der Waals surface area contributed by atoms with Crippen molar-refractivity contribution in [2.45, 2.75) is 26.7 Å². The molecule has 0 spiro atoms. The quantitative estimate of drug-likeness (QED) is 0.875. The van der Waals surface area contributed by atoms with Gasteiger partial charge >= 0.3 is 0 Å². The number of hydrogen-bond donors (Lipinski definition) is 1. The summed E-state index contributed by atoms with van der Waals surface area (Å²) in [6.07, 6.45) is 0. The van der Waals surface area contributed by atoms with Crippen molar-refractivity contribution in [3.05, 3.63) is 29.8 Å². The van der Waals surface area contributed by atoms with E-state index in [2.05, 4.69) is 34.3 Å². The van der Waals surface area contributed by atoms with Gasteiger partial charge in [-0.25, -0.2) is 4.98 Å². The molecule has 96 valence electrons. The zero-order valence-corrected chi connectivity index (χ0v) is 11.0. The maximum absolute atomic E-state index is 5.28. The SMILES string of the molecule is CCNCC(C)c1nc(-c2cccc(C)n2)no1. The first kappa shape index (κ1) is 12.7. The maximum Gasteiger partial charge on any atom is 0.231 e. The van der Waals surface area contributed by atoms with Gasteiger partial charge in [0, 0.05) is 18.2 Å². The fraction of sp³-hybridized carbons (Fsp3) is 0.462. The zero-order valence-electron chi connectivity index (χ0n) is 11.0. The third-order valence-electron chi connectivity index (χ3n) is 2.68. The molecule has 0 radical (unpaired) electrons. The molecule has 2 rings (SSSR count). The molecule has 0 bridgehead atoms. The minimum atomic E-state index is 0.205. The molecule has 2 heterocycles.